The molecule has 18 heteroatoms. The van der Waals surface area contributed by atoms with Crippen molar-refractivity contribution in [3.05, 3.63) is 0 Å². The zero-order chi connectivity index (χ0) is 29.6. The molecule has 4 N–H and O–H groups in total. The van der Waals surface area contributed by atoms with Gasteiger partial charge in [-0.15, -0.1) is 0 Å². The lowest BCUT2D eigenvalue weighted by molar-refractivity contribution is -0.388. The Kier molecular flexibility index (Phi) is 11.2. The molecule has 2 amide bonds. The Morgan fingerprint density at radius 3 is 1.08 bits per heavy atom. The summed E-state index contributed by atoms with van der Waals surface area (Å²) in [5, 5.41) is 19.2. The van der Waals surface area contributed by atoms with Gasteiger partial charge in [-0.25, -0.2) is 9.59 Å². The molecular weight excluding hydrogens is 542 g/mol. The van der Waals surface area contributed by atoms with E-state index < -0.39 is 78.3 Å². The molecule has 0 saturated carbocycles. The molecule has 0 aromatic rings. The number of halogens is 10. The van der Waals surface area contributed by atoms with Gasteiger partial charge in [0.2, 0.25) is 0 Å². The van der Waals surface area contributed by atoms with Gasteiger partial charge in [0.15, 0.2) is 0 Å². The molecular formula is C19H24F10N2O6. The Morgan fingerprint density at radius 2 is 0.865 bits per heavy atom. The highest BCUT2D eigenvalue weighted by Gasteiger charge is 2.89. The molecule has 0 aliphatic heterocycles. The predicted octanol–water partition coefficient (Wildman–Crippen LogP) is 3.68. The number of rotatable bonds is 16. The fraction of sp³-hybridized carbons (Fsp3) is 0.789. The second-order valence-electron chi connectivity index (χ2n) is 7.88. The normalized spacial score (nSPS) is 15.0. The maximum Gasteiger partial charge on any atom is 0.392 e. The summed E-state index contributed by atoms with van der Waals surface area (Å²) in [6.07, 6.45) is -1.18. The molecule has 0 heterocycles. The summed E-state index contributed by atoms with van der Waals surface area (Å²) in [5.74, 6) is -48.0. The van der Waals surface area contributed by atoms with E-state index in [1.165, 1.54) is 13.8 Å². The molecule has 2 unspecified atom stereocenters. The molecule has 8 nitrogen and oxygen atoms in total. The van der Waals surface area contributed by atoms with Crippen LogP contribution >= 0.6 is 0 Å². The average molecular weight is 566 g/mol. The van der Waals surface area contributed by atoms with Crippen LogP contribution in [0.4, 0.5) is 43.9 Å². The minimum Gasteiger partial charge on any atom is -0.480 e. The van der Waals surface area contributed by atoms with Crippen molar-refractivity contribution in [3.63, 3.8) is 0 Å². The van der Waals surface area contributed by atoms with Gasteiger partial charge in [-0.05, 0) is 12.8 Å². The van der Waals surface area contributed by atoms with E-state index in [9.17, 15) is 63.1 Å². The van der Waals surface area contributed by atoms with Crippen LogP contribution in [-0.4, -0.2) is 75.7 Å². The number of hydrogen-bond donors (Lipinski definition) is 4. The van der Waals surface area contributed by atoms with Gasteiger partial charge < -0.3 is 20.8 Å². The highest BCUT2D eigenvalue weighted by atomic mass is 19.4. The molecule has 0 aliphatic carbocycles. The zero-order valence-corrected chi connectivity index (χ0v) is 19.2. The van der Waals surface area contributed by atoms with Gasteiger partial charge in [0, 0.05) is 0 Å². The molecule has 2 atom stereocenters. The minimum absolute atomic E-state index is 0.107. The maximum absolute atomic E-state index is 14.0. The van der Waals surface area contributed by atoms with Crippen molar-refractivity contribution in [2.45, 2.75) is 94.1 Å². The van der Waals surface area contributed by atoms with E-state index >= 15 is 0 Å². The Labute approximate surface area is 202 Å². The van der Waals surface area contributed by atoms with E-state index in [-0.39, 0.29) is 25.7 Å². The van der Waals surface area contributed by atoms with Crippen molar-refractivity contribution in [2.75, 3.05) is 0 Å². The topological polar surface area (TPSA) is 133 Å². The Bertz CT molecular complexity index is 787. The monoisotopic (exact) mass is 566 g/mol. The zero-order valence-electron chi connectivity index (χ0n) is 19.2. The van der Waals surface area contributed by atoms with Gasteiger partial charge >= 0.3 is 41.6 Å². The number of alkyl halides is 10. The molecule has 0 radical (unpaired) electrons. The SMILES string of the molecule is CCCCC(NC(=O)C(F)(F)C(F)(F)C(F)(F)C(F)(F)C(F)(F)C(=O)NC(CCCC)C(=O)O)C(=O)O. The first-order valence-corrected chi connectivity index (χ1v) is 10.5. The Morgan fingerprint density at radius 1 is 0.595 bits per heavy atom. The Balaban J connectivity index is 6.22. The van der Waals surface area contributed by atoms with Crippen molar-refractivity contribution >= 4 is 23.8 Å². The summed E-state index contributed by atoms with van der Waals surface area (Å²) in [5.41, 5.74) is 0. The van der Waals surface area contributed by atoms with E-state index in [0.717, 1.165) is 10.6 Å². The molecule has 0 aliphatic rings. The minimum atomic E-state index is -7.81. The molecule has 0 saturated heterocycles. The number of carbonyl (C=O) groups is 4. The summed E-state index contributed by atoms with van der Waals surface area (Å²) >= 11 is 0. The van der Waals surface area contributed by atoms with Crippen molar-refractivity contribution in [3.8, 4) is 0 Å². The highest BCUT2D eigenvalue weighted by Crippen LogP contribution is 2.57. The molecule has 0 fully saturated rings. The van der Waals surface area contributed by atoms with Crippen LogP contribution in [0.15, 0.2) is 0 Å². The maximum atomic E-state index is 14.0. The van der Waals surface area contributed by atoms with E-state index in [2.05, 4.69) is 0 Å². The quantitative estimate of drug-likeness (QED) is 0.211. The molecule has 0 bridgehead atoms. The first-order valence-electron chi connectivity index (χ1n) is 10.5. The number of carboxylic acids is 2. The van der Waals surface area contributed by atoms with E-state index in [4.69, 9.17) is 10.2 Å². The first kappa shape index (κ1) is 34.2. The molecule has 216 valence electrons. The summed E-state index contributed by atoms with van der Waals surface area (Å²) in [6.45, 7) is 2.90. The third-order valence-corrected chi connectivity index (χ3v) is 5.05. The Hall–Kier alpha value is -2.82. The van der Waals surface area contributed by atoms with E-state index in [0.29, 0.717) is 0 Å². The first-order chi connectivity index (χ1) is 16.6. The van der Waals surface area contributed by atoms with Crippen LogP contribution in [0.25, 0.3) is 0 Å². The molecule has 37 heavy (non-hydrogen) atoms. The van der Waals surface area contributed by atoms with E-state index in [1.54, 1.807) is 0 Å². The number of aliphatic carboxylic acids is 2. The van der Waals surface area contributed by atoms with Gasteiger partial charge in [0.05, 0.1) is 0 Å². The van der Waals surface area contributed by atoms with Crippen LogP contribution in [0.1, 0.15) is 52.4 Å². The van der Waals surface area contributed by atoms with Gasteiger partial charge in [-0.3, -0.25) is 9.59 Å². The number of hydrogen-bond acceptors (Lipinski definition) is 4. The second kappa shape index (κ2) is 12.1. The van der Waals surface area contributed by atoms with Crippen molar-refractivity contribution < 1.29 is 73.3 Å². The van der Waals surface area contributed by atoms with E-state index in [1.807, 2.05) is 0 Å². The lowest BCUT2D eigenvalue weighted by atomic mass is 9.93. The lowest BCUT2D eigenvalue weighted by Gasteiger charge is -2.38. The largest absolute Gasteiger partial charge is 0.480 e. The summed E-state index contributed by atoms with van der Waals surface area (Å²) in [7, 11) is 0. The number of amides is 2. The second-order valence-corrected chi connectivity index (χ2v) is 7.88. The predicted molar refractivity (Wildman–Crippen MR) is 103 cm³/mol. The fourth-order valence-electron chi connectivity index (χ4n) is 2.71. The molecule has 0 spiro atoms. The number of unbranched alkanes of at least 4 members (excludes halogenated alkanes) is 2. The smallest absolute Gasteiger partial charge is 0.392 e. The van der Waals surface area contributed by atoms with Crippen LogP contribution in [0.2, 0.25) is 0 Å². The van der Waals surface area contributed by atoms with Gasteiger partial charge in [-0.1, -0.05) is 39.5 Å². The third kappa shape index (κ3) is 6.74. The van der Waals surface area contributed by atoms with Gasteiger partial charge in [-0.2, -0.15) is 43.9 Å². The fourth-order valence-corrected chi connectivity index (χ4v) is 2.71. The standard InChI is InChI=1S/C19H24F10N2O6/c1-3-5-7-9(11(32)33)30-13(36)15(20,21)17(24,25)19(28,29)18(26,27)16(22,23)14(37)31-10(12(34)35)8-6-4-2/h9-10H,3-8H2,1-2H3,(H,30,36)(H,31,37)(H,32,33)(H,34,35). The number of carbonyl (C=O) groups excluding carboxylic acids is 2. The lowest BCUT2D eigenvalue weighted by Crippen LogP contribution is -2.72. The van der Waals surface area contributed by atoms with Crippen LogP contribution < -0.4 is 10.6 Å². The highest BCUT2D eigenvalue weighted by molar-refractivity contribution is 5.90. The number of nitrogens with one attached hydrogen (secondary N) is 2. The van der Waals surface area contributed by atoms with Crippen LogP contribution in [0.3, 0.4) is 0 Å². The van der Waals surface area contributed by atoms with Crippen LogP contribution in [0.5, 0.6) is 0 Å². The van der Waals surface area contributed by atoms with Gasteiger partial charge in [0.25, 0.3) is 11.8 Å². The molecule has 0 rings (SSSR count). The third-order valence-electron chi connectivity index (χ3n) is 5.05. The summed E-state index contributed by atoms with van der Waals surface area (Å²) < 4.78 is 140. The summed E-state index contributed by atoms with van der Waals surface area (Å²) in [4.78, 5) is 45.1. The van der Waals surface area contributed by atoms with Gasteiger partial charge in [0.1, 0.15) is 12.1 Å². The average Bonchev–Trinajstić information content (AvgIpc) is 2.77. The number of carboxylic acid groups (broad SMARTS) is 2. The van der Waals surface area contributed by atoms with Crippen molar-refractivity contribution in [2.24, 2.45) is 0 Å². The summed E-state index contributed by atoms with van der Waals surface area (Å²) in [6, 6.07) is -4.71. The van der Waals surface area contributed by atoms with Crippen molar-refractivity contribution in [1.82, 2.24) is 10.6 Å². The van der Waals surface area contributed by atoms with Crippen molar-refractivity contribution in [1.29, 1.82) is 0 Å². The van der Waals surface area contributed by atoms with Crippen LogP contribution in [0, 0.1) is 0 Å². The van der Waals surface area contributed by atoms with Crippen LogP contribution in [-0.2, 0) is 19.2 Å². The molecule has 0 aromatic carbocycles. The molecule has 0 aromatic heterocycles.